The van der Waals surface area contributed by atoms with Crippen molar-refractivity contribution < 1.29 is 0 Å². The zero-order valence-electron chi connectivity index (χ0n) is 27.6. The Morgan fingerprint density at radius 2 is 0.804 bits per heavy atom. The molecule has 0 atom stereocenters. The van der Waals surface area contributed by atoms with Crippen LogP contribution in [-0.4, -0.2) is 9.13 Å². The number of aromatic nitrogens is 2. The van der Waals surface area contributed by atoms with Crippen molar-refractivity contribution in [1.29, 1.82) is 0 Å². The number of thiophene rings is 1. The summed E-state index contributed by atoms with van der Waals surface area (Å²) in [6, 6.07) is 66.7. The molecule has 0 aliphatic carbocycles. The molecule has 11 aromatic rings. The molecule has 0 unspecified atom stereocenters. The third kappa shape index (κ3) is 4.35. The number of rotatable bonds is 4. The topological polar surface area (TPSA) is 9.86 Å². The van der Waals surface area contributed by atoms with E-state index < -0.39 is 0 Å². The second kappa shape index (κ2) is 11.0. The van der Waals surface area contributed by atoms with Gasteiger partial charge in [-0.3, -0.25) is 0 Å². The zero-order chi connectivity index (χ0) is 33.5. The minimum atomic E-state index is 1.15. The Hall–Kier alpha value is -6.42. The summed E-state index contributed by atoms with van der Waals surface area (Å²) in [6.45, 7) is 0. The number of nitrogens with zero attached hydrogens (tertiary/aromatic N) is 2. The molecule has 0 spiro atoms. The van der Waals surface area contributed by atoms with Gasteiger partial charge in [-0.25, -0.2) is 0 Å². The Morgan fingerprint density at radius 1 is 0.275 bits per heavy atom. The van der Waals surface area contributed by atoms with Crippen molar-refractivity contribution in [2.75, 3.05) is 0 Å². The molecular weight excluding hydrogens is 637 g/mol. The van der Waals surface area contributed by atoms with Gasteiger partial charge < -0.3 is 9.13 Å². The number of benzene rings is 8. The van der Waals surface area contributed by atoms with Gasteiger partial charge in [0.05, 0.1) is 22.1 Å². The summed E-state index contributed by atoms with van der Waals surface area (Å²) in [5, 5.41) is 7.70. The highest BCUT2D eigenvalue weighted by molar-refractivity contribution is 7.25. The summed E-state index contributed by atoms with van der Waals surface area (Å²) in [6.07, 6.45) is 0. The highest BCUT2D eigenvalue weighted by atomic mass is 32.1. The lowest BCUT2D eigenvalue weighted by atomic mass is 10.00. The molecule has 0 radical (unpaired) electrons. The monoisotopic (exact) mass is 666 g/mol. The molecule has 0 saturated heterocycles. The molecule has 0 amide bonds. The van der Waals surface area contributed by atoms with Gasteiger partial charge in [-0.05, 0) is 76.9 Å². The predicted molar refractivity (Wildman–Crippen MR) is 219 cm³/mol. The van der Waals surface area contributed by atoms with Crippen molar-refractivity contribution in [1.82, 2.24) is 9.13 Å². The number of hydrogen-bond acceptors (Lipinski definition) is 1. The molecule has 0 saturated carbocycles. The third-order valence-electron chi connectivity index (χ3n) is 10.5. The second-order valence-electron chi connectivity index (χ2n) is 13.4. The van der Waals surface area contributed by atoms with Crippen LogP contribution in [0.4, 0.5) is 0 Å². The lowest BCUT2D eigenvalue weighted by molar-refractivity contribution is 1.17. The van der Waals surface area contributed by atoms with Crippen molar-refractivity contribution in [3.05, 3.63) is 182 Å². The predicted octanol–water partition coefficient (Wildman–Crippen LogP) is 13.6. The first kappa shape index (κ1) is 28.4. The van der Waals surface area contributed by atoms with E-state index in [-0.39, 0.29) is 0 Å². The maximum atomic E-state index is 2.46. The van der Waals surface area contributed by atoms with Crippen LogP contribution in [0.15, 0.2) is 182 Å². The number of para-hydroxylation sites is 2. The van der Waals surface area contributed by atoms with E-state index in [1.54, 1.807) is 0 Å². The largest absolute Gasteiger partial charge is 0.309 e. The molecule has 0 fully saturated rings. The van der Waals surface area contributed by atoms with Crippen LogP contribution in [0, 0.1) is 0 Å². The van der Waals surface area contributed by atoms with E-state index in [4.69, 9.17) is 0 Å². The molecule has 3 aromatic heterocycles. The molecule has 0 aliphatic rings. The van der Waals surface area contributed by atoms with Crippen molar-refractivity contribution in [2.24, 2.45) is 0 Å². The highest BCUT2D eigenvalue weighted by Gasteiger charge is 2.19. The molecule has 238 valence electrons. The Balaban J connectivity index is 1.13. The van der Waals surface area contributed by atoms with Crippen molar-refractivity contribution in [3.8, 4) is 33.6 Å². The van der Waals surface area contributed by atoms with Crippen LogP contribution in [0.3, 0.4) is 0 Å². The minimum Gasteiger partial charge on any atom is -0.309 e. The average molecular weight is 667 g/mol. The van der Waals surface area contributed by atoms with Gasteiger partial charge in [0.15, 0.2) is 0 Å². The van der Waals surface area contributed by atoms with Gasteiger partial charge in [0.2, 0.25) is 0 Å². The quantitative estimate of drug-likeness (QED) is 0.177. The summed E-state index contributed by atoms with van der Waals surface area (Å²) in [5.41, 5.74) is 12.0. The average Bonchev–Trinajstić information content (AvgIpc) is 3.84. The molecule has 8 aromatic carbocycles. The molecule has 2 nitrogen and oxygen atoms in total. The van der Waals surface area contributed by atoms with Gasteiger partial charge in [0.1, 0.15) is 0 Å². The van der Waals surface area contributed by atoms with E-state index in [1.807, 2.05) is 11.3 Å². The number of fused-ring (bicyclic) bond motifs is 9. The van der Waals surface area contributed by atoms with Crippen LogP contribution in [0.1, 0.15) is 0 Å². The second-order valence-corrected chi connectivity index (χ2v) is 14.4. The maximum Gasteiger partial charge on any atom is 0.0562 e. The fraction of sp³-hybridized carbons (Fsp3) is 0. The van der Waals surface area contributed by atoms with E-state index >= 15 is 0 Å². The fourth-order valence-corrected chi connectivity index (χ4v) is 9.29. The molecule has 0 N–H and O–H groups in total. The van der Waals surface area contributed by atoms with Gasteiger partial charge in [0, 0.05) is 53.1 Å². The van der Waals surface area contributed by atoms with Crippen LogP contribution in [-0.2, 0) is 0 Å². The summed E-state index contributed by atoms with van der Waals surface area (Å²) in [4.78, 5) is 0. The molecule has 0 aliphatic heterocycles. The first-order valence-corrected chi connectivity index (χ1v) is 18.2. The van der Waals surface area contributed by atoms with Crippen LogP contribution in [0.5, 0.6) is 0 Å². The van der Waals surface area contributed by atoms with Gasteiger partial charge >= 0.3 is 0 Å². The van der Waals surface area contributed by atoms with Crippen LogP contribution >= 0.6 is 11.3 Å². The van der Waals surface area contributed by atoms with Gasteiger partial charge in [-0.15, -0.1) is 11.3 Å². The zero-order valence-corrected chi connectivity index (χ0v) is 28.4. The van der Waals surface area contributed by atoms with Crippen molar-refractivity contribution >= 4 is 75.1 Å². The SMILES string of the molecule is c1ccc(-c2ccc(-c3cccc(-n4c5ccccc5c5cc6c7ccccc7n(-c7ccc8c(c7)sc7ccccc78)c6cc54)c3)cc2)cc1. The van der Waals surface area contributed by atoms with E-state index in [0.29, 0.717) is 0 Å². The Morgan fingerprint density at radius 3 is 1.51 bits per heavy atom. The number of hydrogen-bond donors (Lipinski definition) is 0. The lowest BCUT2D eigenvalue weighted by Crippen LogP contribution is -1.96. The Kier molecular flexibility index (Phi) is 6.16. The van der Waals surface area contributed by atoms with E-state index in [0.717, 1.165) is 5.69 Å². The third-order valence-corrected chi connectivity index (χ3v) is 11.6. The van der Waals surface area contributed by atoms with Crippen LogP contribution in [0.2, 0.25) is 0 Å². The van der Waals surface area contributed by atoms with Gasteiger partial charge in [-0.2, -0.15) is 0 Å². The van der Waals surface area contributed by atoms with Gasteiger partial charge in [-0.1, -0.05) is 127 Å². The van der Waals surface area contributed by atoms with Gasteiger partial charge in [0.25, 0.3) is 0 Å². The first-order chi connectivity index (χ1) is 25.3. The first-order valence-electron chi connectivity index (χ1n) is 17.4. The Labute approximate surface area is 298 Å². The highest BCUT2D eigenvalue weighted by Crippen LogP contribution is 2.41. The van der Waals surface area contributed by atoms with Crippen molar-refractivity contribution in [2.45, 2.75) is 0 Å². The molecule has 3 heterocycles. The lowest BCUT2D eigenvalue weighted by Gasteiger charge is -2.12. The van der Waals surface area contributed by atoms with E-state index in [2.05, 4.69) is 191 Å². The van der Waals surface area contributed by atoms with Crippen LogP contribution in [0.25, 0.3) is 97.4 Å². The maximum absolute atomic E-state index is 2.46. The summed E-state index contributed by atoms with van der Waals surface area (Å²) < 4.78 is 7.54. The molecule has 0 bridgehead atoms. The normalized spacial score (nSPS) is 11.9. The summed E-state index contributed by atoms with van der Waals surface area (Å²) >= 11 is 1.87. The summed E-state index contributed by atoms with van der Waals surface area (Å²) in [5.74, 6) is 0. The molecule has 3 heteroatoms. The molecular formula is C48H30N2S. The van der Waals surface area contributed by atoms with Crippen molar-refractivity contribution in [3.63, 3.8) is 0 Å². The molecule has 11 rings (SSSR count). The molecule has 51 heavy (non-hydrogen) atoms. The van der Waals surface area contributed by atoms with E-state index in [1.165, 1.54) is 91.7 Å². The fourth-order valence-electron chi connectivity index (χ4n) is 8.15. The van der Waals surface area contributed by atoms with E-state index in [9.17, 15) is 0 Å². The smallest absolute Gasteiger partial charge is 0.0562 e. The minimum absolute atomic E-state index is 1.15. The standard InChI is InChI=1S/C48H30N2S/c1-2-11-31(12-3-1)32-21-23-33(24-22-32)34-13-10-14-35(27-34)49-43-18-7-4-15-37(43)41-29-42-38-16-5-8-19-44(38)50(46(42)30-45(41)49)36-25-26-40-39-17-6-9-20-47(39)51-48(40)28-36/h1-30H. The summed E-state index contributed by atoms with van der Waals surface area (Å²) in [7, 11) is 0. The Bertz CT molecular complexity index is 3120. The van der Waals surface area contributed by atoms with Crippen LogP contribution < -0.4 is 0 Å².